The van der Waals surface area contributed by atoms with Gasteiger partial charge in [0.25, 0.3) is 5.69 Å². The fourth-order valence-electron chi connectivity index (χ4n) is 1.86. The number of nitrogens with one attached hydrogen (secondary N) is 1. The Morgan fingerprint density at radius 1 is 1.52 bits per heavy atom. The van der Waals surface area contributed by atoms with E-state index in [4.69, 9.17) is 10.4 Å². The lowest BCUT2D eigenvalue weighted by Crippen LogP contribution is -2.09. The van der Waals surface area contributed by atoms with Crippen molar-refractivity contribution in [3.8, 4) is 6.07 Å². The van der Waals surface area contributed by atoms with Crippen molar-refractivity contribution < 1.29 is 14.8 Å². The highest BCUT2D eigenvalue weighted by molar-refractivity contribution is 5.66. The zero-order valence-corrected chi connectivity index (χ0v) is 11.7. The van der Waals surface area contributed by atoms with E-state index in [1.165, 1.54) is 18.2 Å². The summed E-state index contributed by atoms with van der Waals surface area (Å²) < 4.78 is 0. The first kappa shape index (κ1) is 16.4. The number of nitrogens with zero attached hydrogens (tertiary/aromatic N) is 2. The third kappa shape index (κ3) is 5.48. The van der Waals surface area contributed by atoms with Gasteiger partial charge in [0.1, 0.15) is 6.07 Å². The van der Waals surface area contributed by atoms with E-state index in [0.29, 0.717) is 18.7 Å². The molecule has 7 heteroatoms. The van der Waals surface area contributed by atoms with Gasteiger partial charge in [-0.3, -0.25) is 14.9 Å². The van der Waals surface area contributed by atoms with Gasteiger partial charge < -0.3 is 10.4 Å². The molecule has 0 aliphatic carbocycles. The van der Waals surface area contributed by atoms with Gasteiger partial charge in [-0.2, -0.15) is 5.26 Å². The van der Waals surface area contributed by atoms with E-state index in [-0.39, 0.29) is 23.6 Å². The van der Waals surface area contributed by atoms with Crippen LogP contribution in [0.4, 0.5) is 11.4 Å². The van der Waals surface area contributed by atoms with Crippen molar-refractivity contribution in [3.05, 3.63) is 33.9 Å². The van der Waals surface area contributed by atoms with Gasteiger partial charge in [0, 0.05) is 25.1 Å². The zero-order valence-electron chi connectivity index (χ0n) is 11.7. The average Bonchev–Trinajstić information content (AvgIpc) is 2.45. The Morgan fingerprint density at radius 2 is 2.24 bits per heavy atom. The lowest BCUT2D eigenvalue weighted by molar-refractivity contribution is -0.384. The number of nitro groups is 1. The number of non-ortho nitro benzene ring substituents is 1. The molecule has 0 aliphatic heterocycles. The van der Waals surface area contributed by atoms with Crippen molar-refractivity contribution in [1.82, 2.24) is 0 Å². The van der Waals surface area contributed by atoms with Gasteiger partial charge in [-0.15, -0.1) is 0 Å². The summed E-state index contributed by atoms with van der Waals surface area (Å²) >= 11 is 0. The van der Waals surface area contributed by atoms with Gasteiger partial charge in [-0.05, 0) is 24.8 Å². The first-order valence-electron chi connectivity index (χ1n) is 6.58. The van der Waals surface area contributed by atoms with Gasteiger partial charge >= 0.3 is 5.97 Å². The first-order valence-corrected chi connectivity index (χ1v) is 6.58. The standard InChI is InChI=1S/C14H17N3O4/c1-10(2-5-14(18)19)6-7-16-13-4-3-12(17(20)21)8-11(13)9-15/h3-4,8,10,16H,2,5-7H2,1H3,(H,18,19). The normalized spacial score (nSPS) is 11.4. The van der Waals surface area contributed by atoms with Gasteiger partial charge in [0.05, 0.1) is 16.2 Å². The summed E-state index contributed by atoms with van der Waals surface area (Å²) in [5, 5.41) is 31.3. The van der Waals surface area contributed by atoms with Crippen molar-refractivity contribution in [2.75, 3.05) is 11.9 Å². The quantitative estimate of drug-likeness (QED) is 0.562. The minimum Gasteiger partial charge on any atom is -0.481 e. The Balaban J connectivity index is 2.54. The highest BCUT2D eigenvalue weighted by Gasteiger charge is 2.11. The topological polar surface area (TPSA) is 116 Å². The largest absolute Gasteiger partial charge is 0.481 e. The van der Waals surface area contributed by atoms with Gasteiger partial charge in [0.15, 0.2) is 0 Å². The number of carbonyl (C=O) groups is 1. The summed E-state index contributed by atoms with van der Waals surface area (Å²) in [7, 11) is 0. The molecule has 112 valence electrons. The van der Waals surface area contributed by atoms with E-state index in [1.807, 2.05) is 13.0 Å². The van der Waals surface area contributed by atoms with Crippen molar-refractivity contribution >= 4 is 17.3 Å². The van der Waals surface area contributed by atoms with E-state index >= 15 is 0 Å². The van der Waals surface area contributed by atoms with Crippen LogP contribution in [0.5, 0.6) is 0 Å². The minimum atomic E-state index is -0.808. The van der Waals surface area contributed by atoms with Crippen molar-refractivity contribution in [3.63, 3.8) is 0 Å². The van der Waals surface area contributed by atoms with E-state index < -0.39 is 10.9 Å². The number of carboxylic acid groups (broad SMARTS) is 1. The molecule has 0 heterocycles. The van der Waals surface area contributed by atoms with Crippen LogP contribution in [0, 0.1) is 27.4 Å². The second-order valence-electron chi connectivity index (χ2n) is 4.85. The molecule has 0 aromatic heterocycles. The van der Waals surface area contributed by atoms with Crippen molar-refractivity contribution in [2.45, 2.75) is 26.2 Å². The number of carboxylic acids is 1. The number of nitro benzene ring substituents is 1. The number of aliphatic carboxylic acids is 1. The summed E-state index contributed by atoms with van der Waals surface area (Å²) in [6.07, 6.45) is 1.50. The Morgan fingerprint density at radius 3 is 2.81 bits per heavy atom. The lowest BCUT2D eigenvalue weighted by atomic mass is 10.0. The fraction of sp³-hybridized carbons (Fsp3) is 0.429. The number of anilines is 1. The van der Waals surface area contributed by atoms with Crippen molar-refractivity contribution in [1.29, 1.82) is 5.26 Å². The summed E-state index contributed by atoms with van der Waals surface area (Å²) in [6.45, 7) is 2.54. The predicted octanol–water partition coefficient (Wildman–Crippen LogP) is 2.77. The molecule has 0 saturated heterocycles. The van der Waals surface area contributed by atoms with Crippen LogP contribution in [0.1, 0.15) is 31.7 Å². The molecule has 7 nitrogen and oxygen atoms in total. The Kier molecular flexibility index (Phi) is 6.14. The van der Waals surface area contributed by atoms with E-state index in [9.17, 15) is 14.9 Å². The molecule has 0 spiro atoms. The zero-order chi connectivity index (χ0) is 15.8. The molecule has 0 saturated carbocycles. The van der Waals surface area contributed by atoms with Crippen LogP contribution in [-0.2, 0) is 4.79 Å². The lowest BCUT2D eigenvalue weighted by Gasteiger charge is -2.12. The average molecular weight is 291 g/mol. The first-order chi connectivity index (χ1) is 9.93. The maximum Gasteiger partial charge on any atom is 0.303 e. The Hall–Kier alpha value is -2.62. The molecule has 0 aliphatic rings. The van der Waals surface area contributed by atoms with E-state index in [0.717, 1.165) is 6.42 Å². The third-order valence-corrected chi connectivity index (χ3v) is 3.14. The molecule has 1 atom stereocenters. The molecule has 0 bridgehead atoms. The number of hydrogen-bond donors (Lipinski definition) is 2. The molecule has 21 heavy (non-hydrogen) atoms. The van der Waals surface area contributed by atoms with Crippen LogP contribution in [0.15, 0.2) is 18.2 Å². The number of hydrogen-bond acceptors (Lipinski definition) is 5. The second-order valence-corrected chi connectivity index (χ2v) is 4.85. The SMILES string of the molecule is CC(CCNc1ccc([N+](=O)[O-])cc1C#N)CCC(=O)O. The molecular formula is C14H17N3O4. The van der Waals surface area contributed by atoms with Crippen molar-refractivity contribution in [2.24, 2.45) is 5.92 Å². The molecule has 2 N–H and O–H groups in total. The van der Waals surface area contributed by atoms with Crippen LogP contribution in [0.2, 0.25) is 0 Å². The molecule has 0 amide bonds. The maximum absolute atomic E-state index is 10.6. The molecule has 1 aromatic carbocycles. The smallest absolute Gasteiger partial charge is 0.303 e. The summed E-state index contributed by atoms with van der Waals surface area (Å²) in [6, 6.07) is 6.01. The monoisotopic (exact) mass is 291 g/mol. The highest BCUT2D eigenvalue weighted by atomic mass is 16.6. The van der Waals surface area contributed by atoms with E-state index in [2.05, 4.69) is 5.32 Å². The number of benzene rings is 1. The third-order valence-electron chi connectivity index (χ3n) is 3.14. The van der Waals surface area contributed by atoms with Gasteiger partial charge in [0.2, 0.25) is 0 Å². The Bertz CT molecular complexity index is 566. The number of nitriles is 1. The maximum atomic E-state index is 10.6. The summed E-state index contributed by atoms with van der Waals surface area (Å²) in [5.74, 6) is -0.561. The molecule has 1 unspecified atom stereocenters. The van der Waals surface area contributed by atoms with Crippen LogP contribution in [-0.4, -0.2) is 22.5 Å². The van der Waals surface area contributed by atoms with Crippen LogP contribution >= 0.6 is 0 Å². The summed E-state index contributed by atoms with van der Waals surface area (Å²) in [4.78, 5) is 20.6. The highest BCUT2D eigenvalue weighted by Crippen LogP contribution is 2.21. The molecule has 0 fully saturated rings. The molecular weight excluding hydrogens is 274 g/mol. The minimum absolute atomic E-state index is 0.119. The van der Waals surface area contributed by atoms with E-state index in [1.54, 1.807) is 0 Å². The van der Waals surface area contributed by atoms with Gasteiger partial charge in [-0.1, -0.05) is 6.92 Å². The molecule has 1 aromatic rings. The molecule has 0 radical (unpaired) electrons. The second kappa shape index (κ2) is 7.85. The van der Waals surface area contributed by atoms with Crippen LogP contribution in [0.25, 0.3) is 0 Å². The van der Waals surface area contributed by atoms with Crippen LogP contribution < -0.4 is 5.32 Å². The van der Waals surface area contributed by atoms with Crippen LogP contribution in [0.3, 0.4) is 0 Å². The molecule has 1 rings (SSSR count). The summed E-state index contributed by atoms with van der Waals surface area (Å²) in [5.41, 5.74) is 0.655. The fourth-order valence-corrected chi connectivity index (χ4v) is 1.86. The van der Waals surface area contributed by atoms with Gasteiger partial charge in [-0.25, -0.2) is 0 Å². The predicted molar refractivity (Wildman–Crippen MR) is 77.0 cm³/mol. The Labute approximate surface area is 122 Å². The number of rotatable bonds is 8.